The lowest BCUT2D eigenvalue weighted by molar-refractivity contribution is 0.205. The molecule has 20 heavy (non-hydrogen) atoms. The summed E-state index contributed by atoms with van der Waals surface area (Å²) in [5.74, 6) is 1.71. The third-order valence-electron chi connectivity index (χ3n) is 3.42. The summed E-state index contributed by atoms with van der Waals surface area (Å²) in [6.07, 6.45) is 3.34. The van der Waals surface area contributed by atoms with Crippen molar-refractivity contribution in [1.82, 2.24) is 4.90 Å². The largest absolute Gasteiger partial charge is 0.497 e. The lowest BCUT2D eigenvalue weighted by Crippen LogP contribution is -2.33. The fourth-order valence-corrected chi connectivity index (χ4v) is 2.21. The molecule has 0 spiro atoms. The van der Waals surface area contributed by atoms with E-state index in [0.29, 0.717) is 17.6 Å². The average molecular weight is 294 g/mol. The molecular weight excluding hydrogens is 272 g/mol. The molecule has 0 aromatic heterocycles. The molecule has 0 bridgehead atoms. The molecule has 0 unspecified atom stereocenters. The first kappa shape index (κ1) is 15.1. The monoisotopic (exact) mass is 294 g/mol. The molecule has 0 atom stereocenters. The van der Waals surface area contributed by atoms with Gasteiger partial charge in [0, 0.05) is 25.6 Å². The van der Waals surface area contributed by atoms with Crippen molar-refractivity contribution in [1.29, 1.82) is 0 Å². The fourth-order valence-electron chi connectivity index (χ4n) is 2.12. The first-order valence-electron chi connectivity index (χ1n) is 6.98. The Kier molecular flexibility index (Phi) is 5.61. The molecule has 0 saturated heterocycles. The number of ether oxygens (including phenoxy) is 2. The van der Waals surface area contributed by atoms with Crippen LogP contribution in [0, 0.1) is 0 Å². The van der Waals surface area contributed by atoms with Crippen LogP contribution in [0.15, 0.2) is 24.3 Å². The Morgan fingerprint density at radius 2 is 1.90 bits per heavy atom. The van der Waals surface area contributed by atoms with Crippen LogP contribution in [0.2, 0.25) is 0 Å². The van der Waals surface area contributed by atoms with Crippen molar-refractivity contribution in [3.63, 3.8) is 0 Å². The Morgan fingerprint density at radius 3 is 2.45 bits per heavy atom. The predicted molar refractivity (Wildman–Crippen MR) is 84.5 cm³/mol. The molecule has 1 aliphatic carbocycles. The highest BCUT2D eigenvalue weighted by atomic mass is 32.1. The van der Waals surface area contributed by atoms with E-state index in [1.807, 2.05) is 24.3 Å². The second-order valence-electron chi connectivity index (χ2n) is 5.01. The van der Waals surface area contributed by atoms with Gasteiger partial charge in [-0.1, -0.05) is 12.2 Å². The zero-order valence-electron chi connectivity index (χ0n) is 11.9. The highest BCUT2D eigenvalue weighted by Crippen LogP contribution is 2.26. The summed E-state index contributed by atoms with van der Waals surface area (Å²) >= 11 is 4.94. The molecule has 4 nitrogen and oxygen atoms in total. The van der Waals surface area contributed by atoms with Crippen LogP contribution in [-0.4, -0.2) is 42.7 Å². The van der Waals surface area contributed by atoms with Crippen LogP contribution in [0.25, 0.3) is 0 Å². The smallest absolute Gasteiger partial charge is 0.119 e. The number of nitrogens with two attached hydrogens (primary N) is 1. The number of nitrogens with zero attached hydrogens (tertiary/aromatic N) is 1. The van der Waals surface area contributed by atoms with Gasteiger partial charge in [-0.3, -0.25) is 4.90 Å². The van der Waals surface area contributed by atoms with Crippen LogP contribution in [0.3, 0.4) is 0 Å². The summed E-state index contributed by atoms with van der Waals surface area (Å²) in [6, 6.07) is 8.36. The Balaban J connectivity index is 1.73. The molecule has 0 radical (unpaired) electrons. The molecule has 2 rings (SSSR count). The molecule has 110 valence electrons. The molecule has 1 saturated carbocycles. The van der Waals surface area contributed by atoms with E-state index in [4.69, 9.17) is 27.4 Å². The second-order valence-corrected chi connectivity index (χ2v) is 5.53. The highest BCUT2D eigenvalue weighted by molar-refractivity contribution is 7.80. The summed E-state index contributed by atoms with van der Waals surface area (Å²) in [5.41, 5.74) is 5.57. The summed E-state index contributed by atoms with van der Waals surface area (Å²) in [5, 5.41) is 0. The van der Waals surface area contributed by atoms with E-state index in [0.717, 1.165) is 31.0 Å². The van der Waals surface area contributed by atoms with Gasteiger partial charge in [-0.25, -0.2) is 0 Å². The van der Waals surface area contributed by atoms with E-state index in [2.05, 4.69) is 4.90 Å². The van der Waals surface area contributed by atoms with E-state index < -0.39 is 0 Å². The minimum Gasteiger partial charge on any atom is -0.497 e. The number of rotatable bonds is 9. The molecule has 1 fully saturated rings. The quantitative estimate of drug-likeness (QED) is 0.708. The highest BCUT2D eigenvalue weighted by Gasteiger charge is 2.28. The Labute approximate surface area is 125 Å². The number of hydrogen-bond donors (Lipinski definition) is 1. The third kappa shape index (κ3) is 4.98. The Bertz CT molecular complexity index is 432. The van der Waals surface area contributed by atoms with E-state index >= 15 is 0 Å². The maximum atomic E-state index is 5.76. The molecule has 2 N–H and O–H groups in total. The number of benzene rings is 1. The van der Waals surface area contributed by atoms with Crippen LogP contribution in [0.5, 0.6) is 11.5 Å². The zero-order chi connectivity index (χ0) is 14.4. The molecule has 5 heteroatoms. The summed E-state index contributed by atoms with van der Waals surface area (Å²) < 4.78 is 10.9. The van der Waals surface area contributed by atoms with E-state index in [1.54, 1.807) is 7.11 Å². The van der Waals surface area contributed by atoms with Crippen molar-refractivity contribution in [3.8, 4) is 11.5 Å². The molecule has 1 aliphatic rings. The van der Waals surface area contributed by atoms with Gasteiger partial charge in [0.1, 0.15) is 18.1 Å². The van der Waals surface area contributed by atoms with Gasteiger partial charge in [0.15, 0.2) is 0 Å². The first-order chi connectivity index (χ1) is 9.69. The lowest BCUT2D eigenvalue weighted by Gasteiger charge is -2.21. The lowest BCUT2D eigenvalue weighted by atomic mass is 10.3. The van der Waals surface area contributed by atoms with Crippen molar-refractivity contribution in [2.75, 3.05) is 26.8 Å². The average Bonchev–Trinajstić information content (AvgIpc) is 3.27. The molecule has 0 amide bonds. The van der Waals surface area contributed by atoms with Crippen LogP contribution < -0.4 is 15.2 Å². The summed E-state index contributed by atoms with van der Waals surface area (Å²) in [7, 11) is 1.66. The van der Waals surface area contributed by atoms with Crippen LogP contribution in [-0.2, 0) is 0 Å². The molecule has 1 aromatic rings. The predicted octanol–water partition coefficient (Wildman–Crippen LogP) is 2.21. The third-order valence-corrected chi connectivity index (χ3v) is 3.62. The Morgan fingerprint density at radius 1 is 1.25 bits per heavy atom. The fraction of sp³-hybridized carbons (Fsp3) is 0.533. The second kappa shape index (κ2) is 7.45. The van der Waals surface area contributed by atoms with Crippen LogP contribution in [0.1, 0.15) is 19.3 Å². The van der Waals surface area contributed by atoms with Gasteiger partial charge in [0.25, 0.3) is 0 Å². The number of methoxy groups -OCH3 is 1. The number of hydrogen-bond acceptors (Lipinski definition) is 4. The van der Waals surface area contributed by atoms with E-state index in [9.17, 15) is 0 Å². The topological polar surface area (TPSA) is 47.7 Å². The summed E-state index contributed by atoms with van der Waals surface area (Å²) in [6.45, 7) is 2.53. The van der Waals surface area contributed by atoms with Gasteiger partial charge < -0.3 is 15.2 Å². The first-order valence-corrected chi connectivity index (χ1v) is 7.39. The van der Waals surface area contributed by atoms with Gasteiger partial charge in [-0.05, 0) is 37.1 Å². The molecular formula is C15H22N2O2S. The molecule has 0 heterocycles. The van der Waals surface area contributed by atoms with Crippen molar-refractivity contribution in [2.45, 2.75) is 25.3 Å². The summed E-state index contributed by atoms with van der Waals surface area (Å²) in [4.78, 5) is 3.01. The number of thiocarbonyl (C=S) groups is 1. The van der Waals surface area contributed by atoms with Crippen molar-refractivity contribution >= 4 is 17.2 Å². The van der Waals surface area contributed by atoms with Gasteiger partial charge >= 0.3 is 0 Å². The normalized spacial score (nSPS) is 14.3. The van der Waals surface area contributed by atoms with Gasteiger partial charge in [0.05, 0.1) is 12.1 Å². The van der Waals surface area contributed by atoms with Crippen molar-refractivity contribution < 1.29 is 9.47 Å². The van der Waals surface area contributed by atoms with E-state index in [-0.39, 0.29) is 0 Å². The SMILES string of the molecule is COc1ccc(OCCN(CCC(N)=S)C2CC2)cc1. The Hall–Kier alpha value is -1.33. The van der Waals surface area contributed by atoms with E-state index in [1.165, 1.54) is 12.8 Å². The zero-order valence-corrected chi connectivity index (χ0v) is 12.7. The molecule has 0 aliphatic heterocycles. The van der Waals surface area contributed by atoms with Gasteiger partial charge in [-0.15, -0.1) is 0 Å². The maximum Gasteiger partial charge on any atom is 0.119 e. The van der Waals surface area contributed by atoms with Gasteiger partial charge in [0.2, 0.25) is 0 Å². The van der Waals surface area contributed by atoms with Gasteiger partial charge in [-0.2, -0.15) is 0 Å². The van der Waals surface area contributed by atoms with Crippen LogP contribution >= 0.6 is 12.2 Å². The van der Waals surface area contributed by atoms with Crippen molar-refractivity contribution in [2.24, 2.45) is 5.73 Å². The van der Waals surface area contributed by atoms with Crippen LogP contribution in [0.4, 0.5) is 0 Å². The minimum absolute atomic E-state index is 0.590. The minimum atomic E-state index is 0.590. The maximum absolute atomic E-state index is 5.76. The van der Waals surface area contributed by atoms with Crippen molar-refractivity contribution in [3.05, 3.63) is 24.3 Å². The standard InChI is InChI=1S/C15H22N2O2S/c1-18-13-4-6-14(7-5-13)19-11-10-17(12-2-3-12)9-8-15(16)20/h4-7,12H,2-3,8-11H2,1H3,(H2,16,20). The molecule has 1 aromatic carbocycles.